The van der Waals surface area contributed by atoms with Crippen molar-refractivity contribution in [2.24, 2.45) is 11.8 Å². The van der Waals surface area contributed by atoms with Gasteiger partial charge >= 0.3 is 0 Å². The van der Waals surface area contributed by atoms with Gasteiger partial charge in [0.2, 0.25) is 5.91 Å². The number of halogens is 2. The Balaban J connectivity index is 1.43. The van der Waals surface area contributed by atoms with E-state index in [-0.39, 0.29) is 30.3 Å². The van der Waals surface area contributed by atoms with Crippen molar-refractivity contribution >= 4 is 40.3 Å². The number of carbonyl (C=O) groups is 1. The van der Waals surface area contributed by atoms with Crippen LogP contribution in [0.5, 0.6) is 0 Å². The Morgan fingerprint density at radius 1 is 1.08 bits per heavy atom. The molecule has 3 fully saturated rings. The number of hydrogen-bond donors (Lipinski definition) is 3. The van der Waals surface area contributed by atoms with Crippen LogP contribution >= 0.6 is 11.8 Å². The van der Waals surface area contributed by atoms with Gasteiger partial charge in [-0.15, -0.1) is 0 Å². The average molecular weight is 550 g/mol. The van der Waals surface area contributed by atoms with E-state index in [1.807, 2.05) is 23.9 Å². The fraction of sp³-hybridized carbons (Fsp3) is 0.433. The van der Waals surface area contributed by atoms with Gasteiger partial charge in [0, 0.05) is 65.3 Å². The lowest BCUT2D eigenvalue weighted by Crippen LogP contribution is -2.46. The van der Waals surface area contributed by atoms with E-state index in [9.17, 15) is 24.2 Å². The van der Waals surface area contributed by atoms with Crippen LogP contribution in [0.2, 0.25) is 0 Å². The Kier molecular flexibility index (Phi) is 8.22. The van der Waals surface area contributed by atoms with Gasteiger partial charge in [-0.2, -0.15) is 17.0 Å². The summed E-state index contributed by atoms with van der Waals surface area (Å²) in [5, 5.41) is 24.7. The average Bonchev–Trinajstić information content (AvgIpc) is 3.74. The third-order valence-electron chi connectivity index (χ3n) is 7.89. The van der Waals surface area contributed by atoms with E-state index < -0.39 is 23.5 Å². The maximum absolute atomic E-state index is 14.5. The number of rotatable bonds is 8. The number of allylic oxidation sites excluding steroid dienone is 1. The first kappa shape index (κ1) is 27.2. The minimum Gasteiger partial charge on any atom is -0.370 e. The largest absolute Gasteiger partial charge is 0.370 e. The molecule has 5 rings (SSSR count). The maximum Gasteiger partial charge on any atom is 0.225 e. The highest BCUT2D eigenvalue weighted by Crippen LogP contribution is 2.39. The Hall–Kier alpha value is -3.38. The normalized spacial score (nSPS) is 24.4. The van der Waals surface area contributed by atoms with Crippen LogP contribution in [-0.4, -0.2) is 47.9 Å². The molecule has 3 atom stereocenters. The van der Waals surface area contributed by atoms with Crippen molar-refractivity contribution in [1.82, 2.24) is 5.32 Å². The van der Waals surface area contributed by atoms with Gasteiger partial charge in [-0.05, 0) is 74.1 Å². The monoisotopic (exact) mass is 549 g/mol. The van der Waals surface area contributed by atoms with Crippen LogP contribution in [0.3, 0.4) is 0 Å². The summed E-state index contributed by atoms with van der Waals surface area (Å²) in [7, 11) is 0. The molecule has 39 heavy (non-hydrogen) atoms. The quantitative estimate of drug-likeness (QED) is 0.363. The summed E-state index contributed by atoms with van der Waals surface area (Å²) >= 11 is 1.95. The van der Waals surface area contributed by atoms with Gasteiger partial charge in [0.15, 0.2) is 0 Å². The second kappa shape index (κ2) is 11.8. The Morgan fingerprint density at radius 2 is 1.77 bits per heavy atom. The summed E-state index contributed by atoms with van der Waals surface area (Å²) in [5.74, 6) is 0.264. The molecule has 6 nitrogen and oxygen atoms in total. The van der Waals surface area contributed by atoms with Crippen molar-refractivity contribution in [3.05, 3.63) is 66.1 Å². The number of nitrogens with zero attached hydrogens (tertiary/aromatic N) is 2. The van der Waals surface area contributed by atoms with Crippen LogP contribution in [0.1, 0.15) is 37.7 Å². The predicted octanol–water partition coefficient (Wildman–Crippen LogP) is 5.78. The van der Waals surface area contributed by atoms with Crippen LogP contribution in [-0.2, 0) is 4.79 Å². The van der Waals surface area contributed by atoms with Crippen molar-refractivity contribution in [2.75, 3.05) is 34.8 Å². The molecule has 1 aliphatic heterocycles. The number of thioether (sulfide) groups is 1. The SMILES string of the molecule is N#CC1(NC(=O)C2C[C@@H](F)CC[C@H]2C(=N)/C(=C\Nc2ccc(F)cc2)c2ccc(N3CCSCC3)cc2)CC1. The highest BCUT2D eigenvalue weighted by Gasteiger charge is 2.48. The number of anilines is 2. The minimum atomic E-state index is -1.12. The van der Waals surface area contributed by atoms with Gasteiger partial charge in [-0.25, -0.2) is 8.78 Å². The third kappa shape index (κ3) is 6.44. The lowest BCUT2D eigenvalue weighted by atomic mass is 9.73. The third-order valence-corrected chi connectivity index (χ3v) is 8.83. The molecule has 1 saturated heterocycles. The lowest BCUT2D eigenvalue weighted by molar-refractivity contribution is -0.128. The van der Waals surface area contributed by atoms with E-state index in [4.69, 9.17) is 0 Å². The lowest BCUT2D eigenvalue weighted by Gasteiger charge is -2.34. The summed E-state index contributed by atoms with van der Waals surface area (Å²) in [4.78, 5) is 15.6. The molecule has 0 aromatic heterocycles. The second-order valence-corrected chi connectivity index (χ2v) is 11.8. The standard InChI is InChI=1S/C30H33F2N5OS/c31-21-3-6-23(7-4-21)35-18-27(20-1-8-24(9-2-20)37-13-15-39-16-14-37)28(34)25-10-5-22(32)17-26(25)29(38)36-30(19-33)11-12-30/h1-4,6-9,18,22,25-26,34-35H,5,10-17H2,(H,36,38)/b27-18-,34-28?/t22-,25+,26?/m0/s1. The molecule has 1 amide bonds. The number of amides is 1. The van der Waals surface area contributed by atoms with E-state index in [0.717, 1.165) is 35.8 Å². The Morgan fingerprint density at radius 3 is 2.41 bits per heavy atom. The highest BCUT2D eigenvalue weighted by atomic mass is 32.2. The zero-order valence-electron chi connectivity index (χ0n) is 21.8. The van der Waals surface area contributed by atoms with Gasteiger partial charge in [0.25, 0.3) is 0 Å². The number of hydrogen-bond acceptors (Lipinski definition) is 6. The summed E-state index contributed by atoms with van der Waals surface area (Å²) in [6.45, 7) is 1.98. The first-order valence-electron chi connectivity index (χ1n) is 13.5. The second-order valence-electron chi connectivity index (χ2n) is 10.6. The molecule has 1 heterocycles. The van der Waals surface area contributed by atoms with Crippen molar-refractivity contribution in [1.29, 1.82) is 10.7 Å². The number of nitrogens with one attached hydrogen (secondary N) is 3. The smallest absolute Gasteiger partial charge is 0.225 e. The minimum absolute atomic E-state index is 0.0327. The first-order valence-corrected chi connectivity index (χ1v) is 14.6. The van der Waals surface area contributed by atoms with E-state index in [1.165, 1.54) is 12.1 Å². The van der Waals surface area contributed by atoms with Crippen molar-refractivity contribution in [2.45, 2.75) is 43.8 Å². The molecule has 0 spiro atoms. The molecule has 3 N–H and O–H groups in total. The number of carbonyl (C=O) groups excluding carboxylic acids is 1. The summed E-state index contributed by atoms with van der Waals surface area (Å²) in [5.41, 5.74) is 2.59. The molecule has 2 aliphatic carbocycles. The summed E-state index contributed by atoms with van der Waals surface area (Å²) < 4.78 is 28.0. The number of alkyl halides is 1. The molecular formula is C30H33F2N5OS. The van der Waals surface area contributed by atoms with Gasteiger partial charge in [-0.3, -0.25) is 4.79 Å². The molecule has 2 aromatic rings. The zero-order valence-corrected chi connectivity index (χ0v) is 22.6. The molecule has 204 valence electrons. The number of nitriles is 1. The van der Waals surface area contributed by atoms with Gasteiger partial charge < -0.3 is 20.9 Å². The van der Waals surface area contributed by atoms with E-state index in [2.05, 4.69) is 33.7 Å². The fourth-order valence-corrected chi connectivity index (χ4v) is 6.27. The molecule has 0 bridgehead atoms. The topological polar surface area (TPSA) is 92.0 Å². The maximum atomic E-state index is 14.5. The van der Waals surface area contributed by atoms with Gasteiger partial charge in [0.1, 0.15) is 17.5 Å². The highest BCUT2D eigenvalue weighted by molar-refractivity contribution is 7.99. The van der Waals surface area contributed by atoms with Crippen LogP contribution < -0.4 is 15.5 Å². The zero-order chi connectivity index (χ0) is 27.4. The van der Waals surface area contributed by atoms with Gasteiger partial charge in [-0.1, -0.05) is 12.1 Å². The van der Waals surface area contributed by atoms with Crippen LogP contribution in [0.4, 0.5) is 20.2 Å². The van der Waals surface area contributed by atoms with Gasteiger partial charge in [0.05, 0.1) is 6.07 Å². The molecule has 0 radical (unpaired) electrons. The van der Waals surface area contributed by atoms with E-state index in [0.29, 0.717) is 30.5 Å². The van der Waals surface area contributed by atoms with Crippen LogP contribution in [0.15, 0.2) is 54.7 Å². The van der Waals surface area contributed by atoms with Crippen LogP contribution in [0.25, 0.3) is 5.57 Å². The molecule has 1 unspecified atom stereocenters. The van der Waals surface area contributed by atoms with E-state index in [1.54, 1.807) is 18.3 Å². The van der Waals surface area contributed by atoms with E-state index >= 15 is 0 Å². The fourth-order valence-electron chi connectivity index (χ4n) is 5.36. The molecule has 2 aromatic carbocycles. The van der Waals surface area contributed by atoms with Crippen molar-refractivity contribution in [3.63, 3.8) is 0 Å². The molecule has 2 saturated carbocycles. The molecule has 3 aliphatic rings. The van der Waals surface area contributed by atoms with Crippen molar-refractivity contribution < 1.29 is 13.6 Å². The Bertz CT molecular complexity index is 1260. The predicted molar refractivity (Wildman–Crippen MR) is 153 cm³/mol. The van der Waals surface area contributed by atoms with Crippen molar-refractivity contribution in [3.8, 4) is 6.07 Å². The molecular weight excluding hydrogens is 516 g/mol. The first-order chi connectivity index (χ1) is 18.9. The summed E-state index contributed by atoms with van der Waals surface area (Å²) in [6, 6.07) is 16.2. The summed E-state index contributed by atoms with van der Waals surface area (Å²) in [6.07, 6.45) is 2.48. The van der Waals surface area contributed by atoms with Crippen LogP contribution in [0, 0.1) is 34.4 Å². The number of benzene rings is 2. The molecule has 9 heteroatoms. The Labute approximate surface area is 232 Å².